The fraction of sp³-hybridized carbons (Fsp3) is 0.714. The second-order valence-corrected chi connectivity index (χ2v) is 4.91. The smallest absolute Gasteiger partial charge is 0.157 e. The van der Waals surface area contributed by atoms with E-state index in [0.717, 1.165) is 36.6 Å². The van der Waals surface area contributed by atoms with E-state index in [1.165, 1.54) is 0 Å². The van der Waals surface area contributed by atoms with Gasteiger partial charge in [0, 0.05) is 25.4 Å². The molecule has 1 N–H and O–H groups in total. The summed E-state index contributed by atoms with van der Waals surface area (Å²) in [7, 11) is 1.72. The highest BCUT2D eigenvalue weighted by Crippen LogP contribution is 2.19. The van der Waals surface area contributed by atoms with Crippen LogP contribution in [-0.4, -0.2) is 23.1 Å². The zero-order chi connectivity index (χ0) is 13.5. The van der Waals surface area contributed by atoms with Crippen molar-refractivity contribution in [1.29, 1.82) is 0 Å². The molecule has 1 unspecified atom stereocenters. The van der Waals surface area contributed by atoms with Crippen LogP contribution in [0, 0.1) is 6.92 Å². The third-order valence-corrected chi connectivity index (χ3v) is 2.74. The molecule has 0 amide bonds. The van der Waals surface area contributed by atoms with Crippen molar-refractivity contribution in [2.75, 3.05) is 7.11 Å². The first-order chi connectivity index (χ1) is 8.56. The minimum absolute atomic E-state index is 0.00713. The Morgan fingerprint density at radius 3 is 2.61 bits per heavy atom. The van der Waals surface area contributed by atoms with Gasteiger partial charge in [0.25, 0.3) is 0 Å². The number of aryl methyl sites for hydroxylation is 1. The fourth-order valence-corrected chi connectivity index (χ4v) is 1.82. The Bertz CT molecular complexity index is 366. The lowest BCUT2D eigenvalue weighted by atomic mass is 10.2. The number of nitrogens with zero attached hydrogens (tertiary/aromatic N) is 2. The molecule has 1 aromatic heterocycles. The number of aromatic nitrogens is 2. The molecule has 0 aliphatic rings. The Labute approximate surface area is 110 Å². The standard InChI is InChI=1S/C14H25N3O/c1-6-7-13(18-5)14-16-11(4)8-12(17-14)9-15-10(2)3/h8,10,13,15H,6-7,9H2,1-5H3. The summed E-state index contributed by atoms with van der Waals surface area (Å²) >= 11 is 0. The van der Waals surface area contributed by atoms with Crippen LogP contribution >= 0.6 is 0 Å². The monoisotopic (exact) mass is 251 g/mol. The molecule has 4 nitrogen and oxygen atoms in total. The average Bonchev–Trinajstić information content (AvgIpc) is 2.32. The van der Waals surface area contributed by atoms with Crippen LogP contribution in [0.15, 0.2) is 6.07 Å². The van der Waals surface area contributed by atoms with Crippen molar-refractivity contribution in [2.45, 2.75) is 59.2 Å². The van der Waals surface area contributed by atoms with E-state index in [1.807, 2.05) is 13.0 Å². The Balaban J connectivity index is 2.85. The topological polar surface area (TPSA) is 47.0 Å². The predicted octanol–water partition coefficient (Wildman–Crippen LogP) is 2.77. The molecule has 0 aromatic carbocycles. The van der Waals surface area contributed by atoms with E-state index in [9.17, 15) is 0 Å². The van der Waals surface area contributed by atoms with Gasteiger partial charge in [0.15, 0.2) is 5.82 Å². The molecule has 0 aliphatic carbocycles. The lowest BCUT2D eigenvalue weighted by Crippen LogP contribution is -2.23. The Morgan fingerprint density at radius 1 is 1.33 bits per heavy atom. The summed E-state index contributed by atoms with van der Waals surface area (Å²) < 4.78 is 5.47. The Kier molecular flexibility index (Phi) is 6.22. The Morgan fingerprint density at radius 2 is 2.06 bits per heavy atom. The van der Waals surface area contributed by atoms with E-state index in [-0.39, 0.29) is 6.10 Å². The molecule has 0 radical (unpaired) electrons. The first kappa shape index (κ1) is 15.1. The van der Waals surface area contributed by atoms with Gasteiger partial charge in [0.1, 0.15) is 6.10 Å². The van der Waals surface area contributed by atoms with E-state index in [0.29, 0.717) is 6.04 Å². The van der Waals surface area contributed by atoms with Gasteiger partial charge >= 0.3 is 0 Å². The lowest BCUT2D eigenvalue weighted by molar-refractivity contribution is 0.0872. The Hall–Kier alpha value is -1.00. The van der Waals surface area contributed by atoms with E-state index in [1.54, 1.807) is 7.11 Å². The molecule has 102 valence electrons. The molecule has 4 heteroatoms. The third kappa shape index (κ3) is 4.70. The van der Waals surface area contributed by atoms with Crippen LogP contribution in [0.5, 0.6) is 0 Å². The van der Waals surface area contributed by atoms with Crippen LogP contribution in [0.1, 0.15) is 56.9 Å². The minimum Gasteiger partial charge on any atom is -0.373 e. The number of nitrogens with one attached hydrogen (secondary N) is 1. The predicted molar refractivity (Wildman–Crippen MR) is 73.4 cm³/mol. The van der Waals surface area contributed by atoms with Crippen molar-refractivity contribution >= 4 is 0 Å². The van der Waals surface area contributed by atoms with Gasteiger partial charge in [-0.3, -0.25) is 0 Å². The van der Waals surface area contributed by atoms with Crippen LogP contribution in [0.2, 0.25) is 0 Å². The highest BCUT2D eigenvalue weighted by atomic mass is 16.5. The molecule has 0 aliphatic heterocycles. The number of methoxy groups -OCH3 is 1. The maximum absolute atomic E-state index is 5.47. The van der Waals surface area contributed by atoms with Crippen molar-refractivity contribution in [1.82, 2.24) is 15.3 Å². The van der Waals surface area contributed by atoms with E-state index >= 15 is 0 Å². The largest absolute Gasteiger partial charge is 0.373 e. The molecule has 1 atom stereocenters. The normalized spacial score (nSPS) is 13.0. The third-order valence-electron chi connectivity index (χ3n) is 2.74. The number of hydrogen-bond acceptors (Lipinski definition) is 4. The fourth-order valence-electron chi connectivity index (χ4n) is 1.82. The van der Waals surface area contributed by atoms with Crippen molar-refractivity contribution < 1.29 is 4.74 Å². The SMILES string of the molecule is CCCC(OC)c1nc(C)cc(CNC(C)C)n1. The van der Waals surface area contributed by atoms with Gasteiger partial charge < -0.3 is 10.1 Å². The summed E-state index contributed by atoms with van der Waals surface area (Å²) in [6, 6.07) is 2.48. The van der Waals surface area contributed by atoms with Crippen LogP contribution in [-0.2, 0) is 11.3 Å². The quantitative estimate of drug-likeness (QED) is 0.809. The van der Waals surface area contributed by atoms with E-state index in [4.69, 9.17) is 4.74 Å². The van der Waals surface area contributed by atoms with Gasteiger partial charge in [-0.2, -0.15) is 0 Å². The number of rotatable bonds is 7. The maximum atomic E-state index is 5.47. The number of ether oxygens (including phenoxy) is 1. The molecule has 1 aromatic rings. The highest BCUT2D eigenvalue weighted by Gasteiger charge is 2.14. The molecule has 0 saturated carbocycles. The highest BCUT2D eigenvalue weighted by molar-refractivity contribution is 5.11. The van der Waals surface area contributed by atoms with Gasteiger partial charge in [-0.1, -0.05) is 27.2 Å². The molecule has 1 heterocycles. The summed E-state index contributed by atoms with van der Waals surface area (Å²) in [5.41, 5.74) is 2.03. The van der Waals surface area contributed by atoms with E-state index in [2.05, 4.69) is 36.1 Å². The maximum Gasteiger partial charge on any atom is 0.157 e. The second kappa shape index (κ2) is 7.44. The van der Waals surface area contributed by atoms with Crippen molar-refractivity contribution in [3.8, 4) is 0 Å². The lowest BCUT2D eigenvalue weighted by Gasteiger charge is -2.15. The molecule has 1 rings (SSSR count). The van der Waals surface area contributed by atoms with Crippen molar-refractivity contribution in [3.63, 3.8) is 0 Å². The van der Waals surface area contributed by atoms with E-state index < -0.39 is 0 Å². The van der Waals surface area contributed by atoms with Gasteiger partial charge in [-0.15, -0.1) is 0 Å². The van der Waals surface area contributed by atoms with Crippen molar-refractivity contribution in [2.24, 2.45) is 0 Å². The van der Waals surface area contributed by atoms with Crippen LogP contribution < -0.4 is 5.32 Å². The zero-order valence-corrected chi connectivity index (χ0v) is 12.2. The molecular weight excluding hydrogens is 226 g/mol. The summed E-state index contributed by atoms with van der Waals surface area (Å²) in [6.45, 7) is 9.18. The summed E-state index contributed by atoms with van der Waals surface area (Å²) in [6.07, 6.45) is 2.03. The second-order valence-electron chi connectivity index (χ2n) is 4.91. The van der Waals surface area contributed by atoms with Crippen molar-refractivity contribution in [3.05, 3.63) is 23.3 Å². The minimum atomic E-state index is 0.00713. The zero-order valence-electron chi connectivity index (χ0n) is 12.2. The molecular formula is C14H25N3O. The van der Waals surface area contributed by atoms with Crippen LogP contribution in [0.25, 0.3) is 0 Å². The summed E-state index contributed by atoms with van der Waals surface area (Å²) in [4.78, 5) is 9.08. The first-order valence-electron chi connectivity index (χ1n) is 6.67. The average molecular weight is 251 g/mol. The summed E-state index contributed by atoms with van der Waals surface area (Å²) in [5.74, 6) is 0.805. The molecule has 0 saturated heterocycles. The van der Waals surface area contributed by atoms with Gasteiger partial charge in [-0.25, -0.2) is 9.97 Å². The first-order valence-corrected chi connectivity index (χ1v) is 6.67. The van der Waals surface area contributed by atoms with Crippen LogP contribution in [0.3, 0.4) is 0 Å². The molecule has 0 fully saturated rings. The summed E-state index contributed by atoms with van der Waals surface area (Å²) in [5, 5.41) is 3.37. The van der Waals surface area contributed by atoms with Gasteiger partial charge in [-0.05, 0) is 19.4 Å². The van der Waals surface area contributed by atoms with Crippen LogP contribution in [0.4, 0.5) is 0 Å². The molecule has 18 heavy (non-hydrogen) atoms. The van der Waals surface area contributed by atoms with Gasteiger partial charge in [0.2, 0.25) is 0 Å². The molecule has 0 bridgehead atoms. The molecule has 0 spiro atoms. The van der Waals surface area contributed by atoms with Gasteiger partial charge in [0.05, 0.1) is 5.69 Å². The number of hydrogen-bond donors (Lipinski definition) is 1.